The molecule has 2 aliphatic rings. The molecule has 2 saturated carbocycles. The van der Waals surface area contributed by atoms with Gasteiger partial charge in [0.15, 0.2) is 5.78 Å². The van der Waals surface area contributed by atoms with Crippen molar-refractivity contribution >= 4 is 5.78 Å². The third-order valence-electron chi connectivity index (χ3n) is 8.64. The highest BCUT2D eigenvalue weighted by Crippen LogP contribution is 2.46. The molecule has 0 amide bonds. The van der Waals surface area contributed by atoms with Crippen LogP contribution in [0.4, 0.5) is 0 Å². The second-order valence-electron chi connectivity index (χ2n) is 14.7. The molecule has 0 aromatic heterocycles. The summed E-state index contributed by atoms with van der Waals surface area (Å²) < 4.78 is 0. The first-order valence-electron chi connectivity index (χ1n) is 15.9. The lowest BCUT2D eigenvalue weighted by molar-refractivity contribution is -0.111. The van der Waals surface area contributed by atoms with E-state index in [0.29, 0.717) is 30.4 Å². The summed E-state index contributed by atoms with van der Waals surface area (Å²) in [6, 6.07) is 0. The number of hydrogen-bond acceptors (Lipinski definition) is 5. The van der Waals surface area contributed by atoms with Crippen LogP contribution in [0.2, 0.25) is 0 Å². The Balaban J connectivity index is 2.00. The molecule has 0 aromatic carbocycles. The fourth-order valence-electron chi connectivity index (χ4n) is 6.61. The molecule has 0 radical (unpaired) electrons. The van der Waals surface area contributed by atoms with Gasteiger partial charge >= 0.3 is 0 Å². The van der Waals surface area contributed by atoms with E-state index < -0.39 is 28.8 Å². The van der Waals surface area contributed by atoms with E-state index in [4.69, 9.17) is 0 Å². The van der Waals surface area contributed by atoms with Gasteiger partial charge in [0.1, 0.15) is 0 Å². The first-order valence-corrected chi connectivity index (χ1v) is 15.9. The molecule has 4 atom stereocenters. The molecule has 0 aromatic rings. The highest BCUT2D eigenvalue weighted by Gasteiger charge is 2.45. The van der Waals surface area contributed by atoms with Crippen LogP contribution in [0.25, 0.3) is 0 Å². The van der Waals surface area contributed by atoms with Gasteiger partial charge < -0.3 is 20.4 Å². The van der Waals surface area contributed by atoms with E-state index in [2.05, 4.69) is 5.73 Å². The standard InChI is InChI=1S/C40H56O5/c1-28(17-13-18-30(3)21-22-35-37(5,6)24-32(41)26-39(35,9)44)15-11-12-16-29(2)19-14-20-31(4)34(43)23-36-38(7,8)25-33(42)27-40(36,10)45/h11-21,23,32-33,41-42,44-45H,24-27H2,1-10H3. The molecule has 2 fully saturated rings. The van der Waals surface area contributed by atoms with Gasteiger partial charge in [-0.1, -0.05) is 99.6 Å². The van der Waals surface area contributed by atoms with Crippen molar-refractivity contribution in [2.45, 2.75) is 118 Å². The molecule has 2 aliphatic carbocycles. The van der Waals surface area contributed by atoms with E-state index in [1.54, 1.807) is 32.9 Å². The molecule has 5 heteroatoms. The molecule has 0 heterocycles. The normalized spacial score (nSPS) is 30.9. The number of carbonyl (C=O) groups excluding carboxylic acids is 1. The Bertz CT molecular complexity index is 1370. The average molecular weight is 617 g/mol. The monoisotopic (exact) mass is 616 g/mol. The van der Waals surface area contributed by atoms with Crippen molar-refractivity contribution in [1.29, 1.82) is 0 Å². The van der Waals surface area contributed by atoms with Crippen LogP contribution in [-0.2, 0) is 4.79 Å². The van der Waals surface area contributed by atoms with E-state index >= 15 is 0 Å². The van der Waals surface area contributed by atoms with E-state index in [9.17, 15) is 25.2 Å². The lowest BCUT2D eigenvalue weighted by Crippen LogP contribution is -2.45. The zero-order valence-electron chi connectivity index (χ0n) is 29.1. The highest BCUT2D eigenvalue weighted by molar-refractivity contribution is 6.04. The van der Waals surface area contributed by atoms with E-state index in [1.165, 1.54) is 0 Å². The second-order valence-corrected chi connectivity index (χ2v) is 14.7. The van der Waals surface area contributed by atoms with Gasteiger partial charge in [-0.25, -0.2) is 0 Å². The van der Waals surface area contributed by atoms with Gasteiger partial charge in [0.05, 0.1) is 23.4 Å². The number of allylic oxidation sites excluding steroid dienone is 15. The molecule has 0 aliphatic heterocycles. The molecule has 2 rings (SSSR count). The second kappa shape index (κ2) is 15.5. The summed E-state index contributed by atoms with van der Waals surface area (Å²) in [5.74, 6) is -0.144. The van der Waals surface area contributed by atoms with Crippen molar-refractivity contribution in [2.24, 2.45) is 10.8 Å². The van der Waals surface area contributed by atoms with E-state index in [1.807, 2.05) is 109 Å². The zero-order valence-corrected chi connectivity index (χ0v) is 29.1. The van der Waals surface area contributed by atoms with Crippen molar-refractivity contribution in [1.82, 2.24) is 0 Å². The van der Waals surface area contributed by atoms with Crippen molar-refractivity contribution in [3.05, 3.63) is 112 Å². The highest BCUT2D eigenvalue weighted by atomic mass is 16.3. The number of aliphatic hydroxyl groups excluding tert-OH is 2. The number of ketones is 1. The molecule has 5 nitrogen and oxygen atoms in total. The summed E-state index contributed by atoms with van der Waals surface area (Å²) in [6.45, 7) is 19.2. The predicted molar refractivity (Wildman–Crippen MR) is 186 cm³/mol. The van der Waals surface area contributed by atoms with Crippen molar-refractivity contribution in [3.8, 4) is 0 Å². The smallest absolute Gasteiger partial charge is 0.181 e. The van der Waals surface area contributed by atoms with Gasteiger partial charge in [0.25, 0.3) is 0 Å². The number of rotatable bonds is 9. The molecular weight excluding hydrogens is 560 g/mol. The number of carbonyl (C=O) groups is 1. The number of aliphatic hydroxyl groups is 4. The molecule has 0 saturated heterocycles. The van der Waals surface area contributed by atoms with Crippen LogP contribution in [0.15, 0.2) is 112 Å². The third-order valence-corrected chi connectivity index (χ3v) is 8.64. The van der Waals surface area contributed by atoms with Crippen molar-refractivity contribution in [2.75, 3.05) is 0 Å². The first kappa shape index (κ1) is 38.1. The summed E-state index contributed by atoms with van der Waals surface area (Å²) in [6.07, 6.45) is 23.6. The third kappa shape index (κ3) is 11.7. The topological polar surface area (TPSA) is 98.0 Å². The van der Waals surface area contributed by atoms with Gasteiger partial charge in [0, 0.05) is 18.4 Å². The maximum Gasteiger partial charge on any atom is 0.181 e. The Labute approximate surface area is 271 Å². The summed E-state index contributed by atoms with van der Waals surface area (Å²) in [5.41, 5.74) is 5.44. The fraction of sp³-hybridized carbons (Fsp3) is 0.500. The van der Waals surface area contributed by atoms with Gasteiger partial charge in [0.2, 0.25) is 0 Å². The Morgan fingerprint density at radius 2 is 1.13 bits per heavy atom. The van der Waals surface area contributed by atoms with E-state index in [0.717, 1.165) is 22.3 Å². The van der Waals surface area contributed by atoms with Crippen LogP contribution in [0, 0.1) is 10.8 Å². The quantitative estimate of drug-likeness (QED) is 0.120. The molecular formula is C40H56O5. The first-order chi connectivity index (χ1) is 20.7. The molecule has 0 bridgehead atoms. The largest absolute Gasteiger partial charge is 0.393 e. The molecule has 45 heavy (non-hydrogen) atoms. The minimum atomic E-state index is -1.21. The predicted octanol–water partition coefficient (Wildman–Crippen LogP) is 7.88. The Morgan fingerprint density at radius 1 is 0.667 bits per heavy atom. The Kier molecular flexibility index (Phi) is 13.1. The average Bonchev–Trinajstić information content (AvgIpc) is 2.86. The summed E-state index contributed by atoms with van der Waals surface area (Å²) in [7, 11) is 0. The van der Waals surface area contributed by atoms with Gasteiger partial charge in [-0.15, -0.1) is 5.73 Å². The summed E-state index contributed by atoms with van der Waals surface area (Å²) >= 11 is 0. The maximum absolute atomic E-state index is 12.9. The lowest BCUT2D eigenvalue weighted by atomic mass is 9.64. The molecule has 4 unspecified atom stereocenters. The van der Waals surface area contributed by atoms with Gasteiger partial charge in [-0.3, -0.25) is 4.79 Å². The fourth-order valence-corrected chi connectivity index (χ4v) is 6.61. The van der Waals surface area contributed by atoms with E-state index in [-0.39, 0.29) is 17.6 Å². The minimum absolute atomic E-state index is 0.144. The summed E-state index contributed by atoms with van der Waals surface area (Å²) in [5, 5.41) is 41.9. The van der Waals surface area contributed by atoms with Crippen LogP contribution in [0.5, 0.6) is 0 Å². The molecule has 246 valence electrons. The zero-order chi connectivity index (χ0) is 34.2. The van der Waals surface area contributed by atoms with Crippen LogP contribution in [0.3, 0.4) is 0 Å². The van der Waals surface area contributed by atoms with Crippen molar-refractivity contribution in [3.63, 3.8) is 0 Å². The SMILES string of the molecule is CC(C=C=C1C(C)(C)CC(O)CC1(C)O)=CC=CC(C)=CC=CC=C(C)C=CC=C(C)C(=O)C=C1C(C)(C)CC(O)CC1(C)O. The van der Waals surface area contributed by atoms with Crippen LogP contribution in [0.1, 0.15) is 94.9 Å². The minimum Gasteiger partial charge on any atom is -0.393 e. The van der Waals surface area contributed by atoms with Crippen LogP contribution in [-0.4, -0.2) is 49.6 Å². The number of hydrogen-bond donors (Lipinski definition) is 4. The van der Waals surface area contributed by atoms with Crippen LogP contribution >= 0.6 is 0 Å². The molecule has 4 N–H and O–H groups in total. The van der Waals surface area contributed by atoms with Gasteiger partial charge in [-0.2, -0.15) is 0 Å². The Morgan fingerprint density at radius 3 is 1.64 bits per heavy atom. The molecule has 0 spiro atoms. The lowest BCUT2D eigenvalue weighted by Gasteiger charge is -2.45. The van der Waals surface area contributed by atoms with Crippen LogP contribution < -0.4 is 0 Å². The maximum atomic E-state index is 12.9. The Hall–Kier alpha value is -3.05. The van der Waals surface area contributed by atoms with Crippen molar-refractivity contribution < 1.29 is 25.2 Å². The summed E-state index contributed by atoms with van der Waals surface area (Å²) in [4.78, 5) is 12.9. The van der Waals surface area contributed by atoms with Gasteiger partial charge in [-0.05, 0) is 94.1 Å².